The van der Waals surface area contributed by atoms with Gasteiger partial charge in [0.25, 0.3) is 5.56 Å². The summed E-state index contributed by atoms with van der Waals surface area (Å²) < 4.78 is 8.06. The molecule has 2 heterocycles. The minimum absolute atomic E-state index is 0.0237. The van der Waals surface area contributed by atoms with E-state index in [-0.39, 0.29) is 11.7 Å². The first kappa shape index (κ1) is 17.5. The van der Waals surface area contributed by atoms with Crippen LogP contribution in [-0.4, -0.2) is 10.7 Å². The van der Waals surface area contributed by atoms with Crippen LogP contribution in [0, 0.1) is 0 Å². The summed E-state index contributed by atoms with van der Waals surface area (Å²) in [4.78, 5) is 12.9. The Morgan fingerprint density at radius 2 is 1.48 bits per heavy atom. The predicted octanol–water partition coefficient (Wildman–Crippen LogP) is 4.97. The van der Waals surface area contributed by atoms with Gasteiger partial charge in [-0.1, -0.05) is 72.8 Å². The van der Waals surface area contributed by atoms with Crippen molar-refractivity contribution in [2.75, 3.05) is 0 Å². The Hall–Kier alpha value is -3.59. The Bertz CT molecular complexity index is 1230. The number of rotatable bonds is 3. The molecule has 0 fully saturated rings. The van der Waals surface area contributed by atoms with Crippen molar-refractivity contribution < 1.29 is 4.74 Å². The minimum Gasteiger partial charge on any atom is -0.485 e. The highest BCUT2D eigenvalue weighted by atomic mass is 16.5. The largest absolute Gasteiger partial charge is 0.485 e. The van der Waals surface area contributed by atoms with E-state index in [1.807, 2.05) is 67.7 Å². The molecule has 0 aliphatic carbocycles. The van der Waals surface area contributed by atoms with Crippen molar-refractivity contribution in [2.24, 2.45) is 7.05 Å². The van der Waals surface area contributed by atoms with E-state index < -0.39 is 0 Å². The third kappa shape index (κ3) is 3.05. The second-order valence-corrected chi connectivity index (χ2v) is 7.36. The monoisotopic (exact) mass is 379 g/mol. The van der Waals surface area contributed by atoms with E-state index >= 15 is 0 Å². The summed E-state index contributed by atoms with van der Waals surface area (Å²) in [6, 6.07) is 28.5. The van der Waals surface area contributed by atoms with Gasteiger partial charge in [0.15, 0.2) is 0 Å². The topological polar surface area (TPSA) is 31.2 Å². The number of para-hydroxylation sites is 1. The second kappa shape index (κ2) is 7.10. The van der Waals surface area contributed by atoms with Crippen LogP contribution in [0.5, 0.6) is 5.75 Å². The smallest absolute Gasteiger partial charge is 0.257 e. The molecule has 5 rings (SSSR count). The molecule has 1 aromatic heterocycles. The fourth-order valence-corrected chi connectivity index (χ4v) is 4.11. The summed E-state index contributed by atoms with van der Waals surface area (Å²) >= 11 is 0. The summed E-state index contributed by atoms with van der Waals surface area (Å²) in [6.07, 6.45) is 2.55. The van der Waals surface area contributed by atoms with E-state index in [1.54, 1.807) is 4.57 Å². The van der Waals surface area contributed by atoms with E-state index in [2.05, 4.69) is 30.3 Å². The van der Waals surface area contributed by atoms with Crippen LogP contribution in [0.3, 0.4) is 0 Å². The van der Waals surface area contributed by atoms with Gasteiger partial charge >= 0.3 is 0 Å². The molecule has 0 amide bonds. The Morgan fingerprint density at radius 3 is 2.14 bits per heavy atom. The lowest BCUT2D eigenvalue weighted by molar-refractivity contribution is 0.287. The summed E-state index contributed by atoms with van der Waals surface area (Å²) in [6.45, 7) is 0. The number of aromatic nitrogens is 1. The van der Waals surface area contributed by atoms with Crippen LogP contribution in [0.4, 0.5) is 0 Å². The molecule has 0 N–H and O–H groups in total. The second-order valence-electron chi connectivity index (χ2n) is 7.36. The molecule has 0 spiro atoms. The number of ether oxygens (including phenoxy) is 1. The molecule has 1 aliphatic rings. The van der Waals surface area contributed by atoms with Crippen LogP contribution in [0.25, 0.3) is 16.5 Å². The fourth-order valence-electron chi connectivity index (χ4n) is 4.11. The van der Waals surface area contributed by atoms with Gasteiger partial charge in [0.2, 0.25) is 0 Å². The average Bonchev–Trinajstić information content (AvgIpc) is 3.21. The van der Waals surface area contributed by atoms with Gasteiger partial charge in [-0.25, -0.2) is 0 Å². The molecule has 0 radical (unpaired) electrons. The number of benzene rings is 3. The summed E-state index contributed by atoms with van der Waals surface area (Å²) in [5, 5.41) is 0.987. The molecule has 3 heteroatoms. The van der Waals surface area contributed by atoms with E-state index in [9.17, 15) is 4.79 Å². The molecule has 3 nitrogen and oxygen atoms in total. The maximum absolute atomic E-state index is 12.9. The maximum Gasteiger partial charge on any atom is 0.257 e. The average molecular weight is 379 g/mol. The zero-order chi connectivity index (χ0) is 19.8. The molecular weight excluding hydrogens is 358 g/mol. The molecule has 0 bridgehead atoms. The highest BCUT2D eigenvalue weighted by Crippen LogP contribution is 2.35. The molecule has 1 atom stereocenters. The number of fused-ring (bicyclic) bond motifs is 3. The van der Waals surface area contributed by atoms with Gasteiger partial charge in [-0.15, -0.1) is 0 Å². The number of pyridine rings is 1. The first-order chi connectivity index (χ1) is 14.2. The zero-order valence-electron chi connectivity index (χ0n) is 16.2. The molecule has 0 saturated heterocycles. The van der Waals surface area contributed by atoms with Gasteiger partial charge in [0.05, 0.1) is 11.1 Å². The van der Waals surface area contributed by atoms with Gasteiger partial charge in [0, 0.05) is 18.9 Å². The third-order valence-corrected chi connectivity index (χ3v) is 5.54. The van der Waals surface area contributed by atoms with Crippen molar-refractivity contribution in [3.05, 3.63) is 118 Å². The SMILES string of the molecule is Cn1c(=O)c2c(c3ccccc31)OC(C=C(c1ccccc1)c1ccccc1)C2. The number of nitrogens with zero attached hydrogens (tertiary/aromatic N) is 1. The molecular formula is C26H21NO2. The van der Waals surface area contributed by atoms with Crippen molar-refractivity contribution in [2.45, 2.75) is 12.5 Å². The first-order valence-electron chi connectivity index (χ1n) is 9.82. The molecule has 29 heavy (non-hydrogen) atoms. The number of hydrogen-bond acceptors (Lipinski definition) is 2. The van der Waals surface area contributed by atoms with Crippen molar-refractivity contribution in [1.29, 1.82) is 0 Å². The lowest BCUT2D eigenvalue weighted by atomic mass is 9.95. The van der Waals surface area contributed by atoms with Gasteiger partial charge in [-0.2, -0.15) is 0 Å². The van der Waals surface area contributed by atoms with Gasteiger partial charge in [-0.3, -0.25) is 4.79 Å². The number of aryl methyl sites for hydroxylation is 1. The Morgan fingerprint density at radius 1 is 0.897 bits per heavy atom. The van der Waals surface area contributed by atoms with E-state index in [0.717, 1.165) is 38.9 Å². The standard InChI is InChI=1S/C26H21NO2/c1-27-24-15-9-8-14-21(24)25-23(26(27)28)17-20(29-25)16-22(18-10-4-2-5-11-18)19-12-6-3-7-13-19/h2-16,20H,17H2,1H3. The molecule has 142 valence electrons. The van der Waals surface area contributed by atoms with Gasteiger partial charge in [0.1, 0.15) is 11.9 Å². The number of hydrogen-bond donors (Lipinski definition) is 0. The van der Waals surface area contributed by atoms with Crippen LogP contribution in [0.15, 0.2) is 95.8 Å². The zero-order valence-corrected chi connectivity index (χ0v) is 16.2. The molecule has 1 unspecified atom stereocenters. The van der Waals surface area contributed by atoms with Crippen LogP contribution < -0.4 is 10.3 Å². The van der Waals surface area contributed by atoms with E-state index in [4.69, 9.17) is 4.74 Å². The minimum atomic E-state index is -0.182. The van der Waals surface area contributed by atoms with E-state index in [0.29, 0.717) is 6.42 Å². The van der Waals surface area contributed by atoms with Crippen molar-refractivity contribution in [3.63, 3.8) is 0 Å². The van der Waals surface area contributed by atoms with Crippen molar-refractivity contribution >= 4 is 16.5 Å². The van der Waals surface area contributed by atoms with Crippen LogP contribution in [-0.2, 0) is 13.5 Å². The van der Waals surface area contributed by atoms with Crippen LogP contribution in [0.2, 0.25) is 0 Å². The highest BCUT2D eigenvalue weighted by molar-refractivity contribution is 5.87. The molecule has 3 aromatic carbocycles. The molecule has 1 aliphatic heterocycles. The van der Waals surface area contributed by atoms with Gasteiger partial charge in [-0.05, 0) is 34.9 Å². The highest BCUT2D eigenvalue weighted by Gasteiger charge is 2.28. The molecule has 0 saturated carbocycles. The normalized spacial score (nSPS) is 15.0. The summed E-state index contributed by atoms with van der Waals surface area (Å²) in [7, 11) is 1.83. The predicted molar refractivity (Wildman–Crippen MR) is 117 cm³/mol. The lowest BCUT2D eigenvalue weighted by Crippen LogP contribution is -2.20. The Balaban J connectivity index is 1.62. The van der Waals surface area contributed by atoms with Crippen molar-refractivity contribution in [1.82, 2.24) is 4.57 Å². The van der Waals surface area contributed by atoms with E-state index in [1.165, 1.54) is 0 Å². The van der Waals surface area contributed by atoms with Gasteiger partial charge < -0.3 is 9.30 Å². The first-order valence-corrected chi connectivity index (χ1v) is 9.82. The summed E-state index contributed by atoms with van der Waals surface area (Å²) in [5.74, 6) is 0.727. The van der Waals surface area contributed by atoms with Crippen LogP contribution in [0.1, 0.15) is 16.7 Å². The Kier molecular flexibility index (Phi) is 4.28. The Labute approximate surface area is 169 Å². The summed E-state index contributed by atoms with van der Waals surface area (Å²) in [5.41, 5.74) is 5.06. The quantitative estimate of drug-likeness (QED) is 0.503. The third-order valence-electron chi connectivity index (χ3n) is 5.54. The maximum atomic E-state index is 12.9. The van der Waals surface area contributed by atoms with Crippen LogP contribution >= 0.6 is 0 Å². The lowest BCUT2D eigenvalue weighted by Gasteiger charge is -2.13. The molecule has 4 aromatic rings. The van der Waals surface area contributed by atoms with Crippen molar-refractivity contribution in [3.8, 4) is 5.75 Å². The fraction of sp³-hybridized carbons (Fsp3) is 0.115.